The van der Waals surface area contributed by atoms with Crippen LogP contribution in [0.4, 0.5) is 14.5 Å². The van der Waals surface area contributed by atoms with Crippen molar-refractivity contribution in [2.45, 2.75) is 30.7 Å². The van der Waals surface area contributed by atoms with Gasteiger partial charge in [0.15, 0.2) is 0 Å². The number of thiophene rings is 1. The van der Waals surface area contributed by atoms with E-state index in [0.29, 0.717) is 0 Å². The zero-order chi connectivity index (χ0) is 18.1. The second kappa shape index (κ2) is 7.28. The molecule has 26 heavy (non-hydrogen) atoms. The summed E-state index contributed by atoms with van der Waals surface area (Å²) in [5, 5.41) is 4.22. The summed E-state index contributed by atoms with van der Waals surface area (Å²) in [5.41, 5.74) is 1.15. The van der Waals surface area contributed by atoms with Gasteiger partial charge in [0.2, 0.25) is 5.91 Å². The van der Waals surface area contributed by atoms with Gasteiger partial charge in [-0.25, -0.2) is 18.7 Å². The molecule has 1 aromatic carbocycles. The zero-order valence-corrected chi connectivity index (χ0v) is 15.4. The lowest BCUT2D eigenvalue weighted by Gasteiger charge is -2.11. The number of rotatable bonds is 4. The second-order valence-corrected chi connectivity index (χ2v) is 8.08. The Balaban J connectivity index is 1.52. The normalized spacial score (nSPS) is 13.6. The summed E-state index contributed by atoms with van der Waals surface area (Å²) in [4.78, 5) is 23.2. The molecule has 2 heterocycles. The van der Waals surface area contributed by atoms with Gasteiger partial charge in [0.1, 0.15) is 27.8 Å². The second-order valence-electron chi connectivity index (χ2n) is 6.03. The molecule has 0 radical (unpaired) electrons. The number of thioether (sulfide) groups is 1. The van der Waals surface area contributed by atoms with E-state index >= 15 is 0 Å². The van der Waals surface area contributed by atoms with Gasteiger partial charge in [-0.05, 0) is 43.4 Å². The fraction of sp³-hybridized carbons (Fsp3) is 0.278. The predicted octanol–water partition coefficient (Wildman–Crippen LogP) is 4.58. The minimum Gasteiger partial charge on any atom is -0.323 e. The molecule has 0 unspecified atom stereocenters. The van der Waals surface area contributed by atoms with Gasteiger partial charge in [0.25, 0.3) is 0 Å². The number of amides is 1. The largest absolute Gasteiger partial charge is 0.323 e. The van der Waals surface area contributed by atoms with Crippen LogP contribution in [-0.2, 0) is 17.6 Å². The highest BCUT2D eigenvalue weighted by atomic mass is 32.2. The Kier molecular flexibility index (Phi) is 4.86. The molecule has 1 aliphatic carbocycles. The third-order valence-corrected chi connectivity index (χ3v) is 6.45. The van der Waals surface area contributed by atoms with Crippen molar-refractivity contribution in [1.82, 2.24) is 9.97 Å². The minimum absolute atomic E-state index is 0.0622. The Morgan fingerprint density at radius 1 is 1.23 bits per heavy atom. The number of benzene rings is 1. The van der Waals surface area contributed by atoms with Crippen LogP contribution >= 0.6 is 23.1 Å². The first-order valence-electron chi connectivity index (χ1n) is 8.25. The number of hydrogen-bond acceptors (Lipinski definition) is 5. The van der Waals surface area contributed by atoms with Crippen LogP contribution in [0.1, 0.15) is 23.3 Å². The smallest absolute Gasteiger partial charge is 0.234 e. The molecule has 2 aromatic heterocycles. The van der Waals surface area contributed by atoms with Crippen LogP contribution in [0.5, 0.6) is 0 Å². The lowest BCUT2D eigenvalue weighted by Crippen LogP contribution is -2.15. The molecule has 0 atom stereocenters. The lowest BCUT2D eigenvalue weighted by molar-refractivity contribution is -0.113. The van der Waals surface area contributed by atoms with Gasteiger partial charge in [-0.2, -0.15) is 0 Å². The number of aryl methyl sites for hydroxylation is 2. The summed E-state index contributed by atoms with van der Waals surface area (Å²) < 4.78 is 26.8. The number of carbonyl (C=O) groups is 1. The van der Waals surface area contributed by atoms with Crippen molar-refractivity contribution in [3.05, 3.63) is 46.6 Å². The molecular weight excluding hydrogens is 376 g/mol. The number of carbonyl (C=O) groups excluding carboxylic acids is 1. The lowest BCUT2D eigenvalue weighted by atomic mass is 9.97. The molecule has 3 aromatic rings. The number of halogens is 2. The standard InChI is InChI=1S/C18H15F2N3OS2/c19-10-5-6-12(20)13(7-10)23-15(24)8-25-17-16-11-3-1-2-4-14(11)26-18(16)22-9-21-17/h5-7,9H,1-4,8H2,(H,23,24). The first kappa shape index (κ1) is 17.4. The number of nitrogens with one attached hydrogen (secondary N) is 1. The van der Waals surface area contributed by atoms with Gasteiger partial charge >= 0.3 is 0 Å². The number of nitrogens with zero attached hydrogens (tertiary/aromatic N) is 2. The van der Waals surface area contributed by atoms with E-state index in [2.05, 4.69) is 15.3 Å². The topological polar surface area (TPSA) is 54.9 Å². The van der Waals surface area contributed by atoms with Crippen molar-refractivity contribution in [3.8, 4) is 0 Å². The van der Waals surface area contributed by atoms with Crippen molar-refractivity contribution in [3.63, 3.8) is 0 Å². The fourth-order valence-electron chi connectivity index (χ4n) is 3.08. The van der Waals surface area contributed by atoms with Gasteiger partial charge < -0.3 is 5.32 Å². The molecule has 0 saturated heterocycles. The maximum absolute atomic E-state index is 13.6. The molecule has 4 nitrogen and oxygen atoms in total. The molecule has 0 spiro atoms. The summed E-state index contributed by atoms with van der Waals surface area (Å²) in [7, 11) is 0. The van der Waals surface area contributed by atoms with Crippen molar-refractivity contribution in [2.24, 2.45) is 0 Å². The number of hydrogen-bond donors (Lipinski definition) is 1. The average Bonchev–Trinajstić information content (AvgIpc) is 3.02. The van der Waals surface area contributed by atoms with E-state index in [0.717, 1.165) is 52.7 Å². The molecule has 0 aliphatic heterocycles. The summed E-state index contributed by atoms with van der Waals surface area (Å²) in [6, 6.07) is 2.97. The Morgan fingerprint density at radius 3 is 2.96 bits per heavy atom. The Morgan fingerprint density at radius 2 is 2.08 bits per heavy atom. The predicted molar refractivity (Wildman–Crippen MR) is 99.8 cm³/mol. The van der Waals surface area contributed by atoms with Crippen molar-refractivity contribution < 1.29 is 13.6 Å². The van der Waals surface area contributed by atoms with Gasteiger partial charge in [-0.1, -0.05) is 11.8 Å². The Hall–Kier alpha value is -2.06. The van der Waals surface area contributed by atoms with Gasteiger partial charge in [0, 0.05) is 16.3 Å². The molecule has 8 heteroatoms. The van der Waals surface area contributed by atoms with Gasteiger partial charge in [-0.3, -0.25) is 4.79 Å². The Labute approximate surface area is 157 Å². The van der Waals surface area contributed by atoms with E-state index in [-0.39, 0.29) is 11.4 Å². The third kappa shape index (κ3) is 3.43. The van der Waals surface area contributed by atoms with E-state index in [1.54, 1.807) is 11.3 Å². The van der Waals surface area contributed by atoms with Gasteiger partial charge in [0.05, 0.1) is 11.4 Å². The van der Waals surface area contributed by atoms with E-state index in [9.17, 15) is 13.6 Å². The molecule has 1 N–H and O–H groups in total. The molecule has 134 valence electrons. The zero-order valence-electron chi connectivity index (χ0n) is 13.7. The van der Waals surface area contributed by atoms with Crippen LogP contribution in [0.2, 0.25) is 0 Å². The number of fused-ring (bicyclic) bond motifs is 3. The van der Waals surface area contributed by atoms with Crippen LogP contribution in [0.25, 0.3) is 10.2 Å². The Bertz CT molecular complexity index is 990. The highest BCUT2D eigenvalue weighted by molar-refractivity contribution is 8.00. The average molecular weight is 391 g/mol. The number of aromatic nitrogens is 2. The molecule has 0 bridgehead atoms. The third-order valence-electron chi connectivity index (χ3n) is 4.26. The molecule has 1 amide bonds. The quantitative estimate of drug-likeness (QED) is 0.523. The first-order chi connectivity index (χ1) is 12.6. The first-order valence-corrected chi connectivity index (χ1v) is 10.0. The van der Waals surface area contributed by atoms with Crippen LogP contribution in [-0.4, -0.2) is 21.6 Å². The van der Waals surface area contributed by atoms with Gasteiger partial charge in [-0.15, -0.1) is 11.3 Å². The summed E-state index contributed by atoms with van der Waals surface area (Å²) in [5.74, 6) is -1.61. The molecule has 0 fully saturated rings. The van der Waals surface area contributed by atoms with Crippen LogP contribution < -0.4 is 5.32 Å². The summed E-state index contributed by atoms with van der Waals surface area (Å²) in [6.45, 7) is 0. The van der Waals surface area contributed by atoms with Crippen molar-refractivity contribution >= 4 is 44.9 Å². The van der Waals surface area contributed by atoms with Crippen LogP contribution in [0, 0.1) is 11.6 Å². The van der Waals surface area contributed by atoms with Crippen molar-refractivity contribution in [2.75, 3.05) is 11.1 Å². The van der Waals surface area contributed by atoms with E-state index in [4.69, 9.17) is 0 Å². The molecular formula is C18H15F2N3OS2. The maximum atomic E-state index is 13.6. The fourth-order valence-corrected chi connectivity index (χ4v) is 5.20. The van der Waals surface area contributed by atoms with E-state index in [1.165, 1.54) is 35.0 Å². The maximum Gasteiger partial charge on any atom is 0.234 e. The molecule has 4 rings (SSSR count). The monoisotopic (exact) mass is 391 g/mol. The van der Waals surface area contributed by atoms with Crippen LogP contribution in [0.3, 0.4) is 0 Å². The highest BCUT2D eigenvalue weighted by Crippen LogP contribution is 2.39. The molecule has 0 saturated carbocycles. The summed E-state index contributed by atoms with van der Waals surface area (Å²) >= 11 is 2.99. The van der Waals surface area contributed by atoms with Crippen LogP contribution in [0.15, 0.2) is 29.6 Å². The SMILES string of the molecule is O=C(CSc1ncnc2sc3c(c12)CCCC3)Nc1cc(F)ccc1F. The highest BCUT2D eigenvalue weighted by Gasteiger charge is 2.20. The molecule has 1 aliphatic rings. The van der Waals surface area contributed by atoms with E-state index < -0.39 is 17.5 Å². The minimum atomic E-state index is -0.666. The van der Waals surface area contributed by atoms with Crippen molar-refractivity contribution in [1.29, 1.82) is 0 Å². The van der Waals surface area contributed by atoms with E-state index in [1.807, 2.05) is 0 Å². The summed E-state index contributed by atoms with van der Waals surface area (Å²) in [6.07, 6.45) is 5.93. The number of anilines is 1.